The predicted molar refractivity (Wildman–Crippen MR) is 75.8 cm³/mol. The highest BCUT2D eigenvalue weighted by molar-refractivity contribution is 7.83. The van der Waals surface area contributed by atoms with Gasteiger partial charge in [0.05, 0.1) is 4.90 Å². The van der Waals surface area contributed by atoms with Crippen molar-refractivity contribution in [2.45, 2.75) is 23.4 Å². The predicted octanol–water partition coefficient (Wildman–Crippen LogP) is 0.256. The van der Waals surface area contributed by atoms with Gasteiger partial charge >= 0.3 is 5.97 Å². The lowest BCUT2D eigenvalue weighted by Gasteiger charge is -2.17. The third-order valence-corrected chi connectivity index (χ3v) is 4.38. The van der Waals surface area contributed by atoms with Crippen molar-refractivity contribution >= 4 is 17.0 Å². The highest BCUT2D eigenvalue weighted by Crippen LogP contribution is 2.19. The van der Waals surface area contributed by atoms with E-state index in [4.69, 9.17) is 10.8 Å². The summed E-state index contributed by atoms with van der Waals surface area (Å²) in [5, 5.41) is 9.16. The first-order chi connectivity index (χ1) is 9.61. The van der Waals surface area contributed by atoms with E-state index in [1.807, 2.05) is 18.2 Å². The summed E-state index contributed by atoms with van der Waals surface area (Å²) in [6, 6.07) is 8.22. The molecule has 1 aliphatic heterocycles. The van der Waals surface area contributed by atoms with Crippen LogP contribution >= 0.6 is 0 Å². The fourth-order valence-electron chi connectivity index (χ4n) is 2.23. The topological polar surface area (TPSA) is 95.7 Å². The number of nitrogens with one attached hydrogen (secondary N) is 1. The van der Waals surface area contributed by atoms with Crippen molar-refractivity contribution < 1.29 is 14.1 Å². The van der Waals surface area contributed by atoms with Crippen molar-refractivity contribution in [3.8, 4) is 0 Å². The van der Waals surface area contributed by atoms with Gasteiger partial charge in [0.2, 0.25) is 0 Å². The molecule has 1 heterocycles. The number of hydrogen-bond donors (Lipinski definition) is 3. The molecule has 0 saturated carbocycles. The van der Waals surface area contributed by atoms with E-state index in [1.165, 1.54) is 6.20 Å². The number of benzene rings is 1. The summed E-state index contributed by atoms with van der Waals surface area (Å²) < 4.78 is 15.1. The van der Waals surface area contributed by atoms with Crippen LogP contribution in [0.2, 0.25) is 0 Å². The molecule has 20 heavy (non-hydrogen) atoms. The molecule has 0 bridgehead atoms. The van der Waals surface area contributed by atoms with Gasteiger partial charge in [-0.3, -0.25) is 0 Å². The van der Waals surface area contributed by atoms with E-state index in [-0.39, 0.29) is 6.04 Å². The molecule has 6 nitrogen and oxygen atoms in total. The lowest BCUT2D eigenvalue weighted by Crippen LogP contribution is -2.33. The van der Waals surface area contributed by atoms with Gasteiger partial charge in [-0.05, 0) is 18.6 Å². The maximum Gasteiger partial charge on any atom is 0.326 e. The first-order valence-electron chi connectivity index (χ1n) is 6.21. The maximum absolute atomic E-state index is 12.1. The Kier molecular flexibility index (Phi) is 4.75. The van der Waals surface area contributed by atoms with Crippen molar-refractivity contribution in [3.63, 3.8) is 0 Å². The van der Waals surface area contributed by atoms with Crippen molar-refractivity contribution in [1.82, 2.24) is 9.62 Å². The van der Waals surface area contributed by atoms with Crippen LogP contribution < -0.4 is 10.5 Å². The van der Waals surface area contributed by atoms with Crippen LogP contribution in [-0.2, 0) is 15.8 Å². The molecule has 1 aliphatic rings. The van der Waals surface area contributed by atoms with Gasteiger partial charge in [-0.15, -0.1) is 0 Å². The average molecular weight is 295 g/mol. The van der Waals surface area contributed by atoms with E-state index >= 15 is 0 Å². The van der Waals surface area contributed by atoms with Crippen LogP contribution in [0, 0.1) is 0 Å². The molecular weight excluding hydrogens is 278 g/mol. The Morgan fingerprint density at radius 2 is 2.15 bits per heavy atom. The molecule has 0 amide bonds. The van der Waals surface area contributed by atoms with Crippen LogP contribution in [0.4, 0.5) is 0 Å². The Balaban J connectivity index is 2.01. The van der Waals surface area contributed by atoms with Gasteiger partial charge in [0, 0.05) is 25.0 Å². The zero-order valence-corrected chi connectivity index (χ0v) is 11.6. The van der Waals surface area contributed by atoms with Gasteiger partial charge in [0.15, 0.2) is 0 Å². The fourth-order valence-corrected chi connectivity index (χ4v) is 3.24. The second kappa shape index (κ2) is 6.53. The molecule has 0 aliphatic carbocycles. The van der Waals surface area contributed by atoms with Gasteiger partial charge in [-0.1, -0.05) is 18.2 Å². The number of aliphatic carboxylic acids is 1. The molecule has 1 aromatic rings. The maximum atomic E-state index is 12.1. The van der Waals surface area contributed by atoms with E-state index in [9.17, 15) is 9.00 Å². The number of carboxylic acid groups (broad SMARTS) is 1. The highest BCUT2D eigenvalue weighted by Gasteiger charge is 2.35. The summed E-state index contributed by atoms with van der Waals surface area (Å²) in [4.78, 5) is 13.5. The summed E-state index contributed by atoms with van der Waals surface area (Å²) in [6.45, 7) is 0.462. The summed E-state index contributed by atoms with van der Waals surface area (Å²) in [5.41, 5.74) is 5.31. The first-order valence-corrected chi connectivity index (χ1v) is 7.36. The van der Waals surface area contributed by atoms with E-state index in [1.54, 1.807) is 23.2 Å². The molecule has 1 unspecified atom stereocenters. The van der Waals surface area contributed by atoms with Gasteiger partial charge < -0.3 is 15.7 Å². The molecular formula is C13H17N3O3S. The third-order valence-electron chi connectivity index (χ3n) is 3.13. The van der Waals surface area contributed by atoms with Crippen molar-refractivity contribution in [3.05, 3.63) is 42.7 Å². The fraction of sp³-hybridized carbons (Fsp3) is 0.308. The molecule has 3 atom stereocenters. The van der Waals surface area contributed by atoms with Crippen LogP contribution in [0.1, 0.15) is 6.42 Å². The number of nitrogens with zero attached hydrogens (tertiary/aromatic N) is 1. The van der Waals surface area contributed by atoms with E-state index < -0.39 is 23.0 Å². The summed E-state index contributed by atoms with van der Waals surface area (Å²) in [7, 11) is -1.35. The molecule has 4 N–H and O–H groups in total. The minimum Gasteiger partial charge on any atom is -0.480 e. The summed E-state index contributed by atoms with van der Waals surface area (Å²) >= 11 is 0. The molecule has 0 aromatic heterocycles. The Bertz CT molecular complexity index is 521. The number of likely N-dealkylation sites (tertiary alicyclic amines) is 1. The van der Waals surface area contributed by atoms with Gasteiger partial charge in [-0.25, -0.2) is 13.7 Å². The molecule has 1 aromatic carbocycles. The minimum atomic E-state index is -1.35. The van der Waals surface area contributed by atoms with Crippen molar-refractivity contribution in [2.75, 3.05) is 6.54 Å². The average Bonchev–Trinajstić information content (AvgIpc) is 2.83. The van der Waals surface area contributed by atoms with Crippen molar-refractivity contribution in [2.24, 2.45) is 5.73 Å². The number of rotatable bonds is 5. The third kappa shape index (κ3) is 3.37. The standard InChI is InChI=1S/C13H17N3O3S/c14-6-7-16-9-10(8-12(16)13(17)18)15-20(19)11-4-2-1-3-5-11/h1-7,10,12,15H,8-9,14H2,(H,17,18)/t10-,12+,20?/m1/s1. The lowest BCUT2D eigenvalue weighted by atomic mass is 10.2. The van der Waals surface area contributed by atoms with Crippen LogP contribution in [0.25, 0.3) is 0 Å². The lowest BCUT2D eigenvalue weighted by molar-refractivity contribution is -0.141. The summed E-state index contributed by atoms with van der Waals surface area (Å²) in [5.74, 6) is -0.905. The van der Waals surface area contributed by atoms with Gasteiger partial charge in [0.1, 0.15) is 17.0 Å². The number of carboxylic acids is 1. The molecule has 1 saturated heterocycles. The van der Waals surface area contributed by atoms with Crippen molar-refractivity contribution in [1.29, 1.82) is 0 Å². The van der Waals surface area contributed by atoms with Crippen LogP contribution in [0.5, 0.6) is 0 Å². The molecule has 7 heteroatoms. The molecule has 108 valence electrons. The van der Waals surface area contributed by atoms with Crippen LogP contribution in [0.15, 0.2) is 47.6 Å². The normalized spacial score (nSPS) is 24.1. The minimum absolute atomic E-state index is 0.159. The Morgan fingerprint density at radius 1 is 1.45 bits per heavy atom. The smallest absolute Gasteiger partial charge is 0.326 e. The molecule has 2 rings (SSSR count). The summed E-state index contributed by atoms with van der Waals surface area (Å²) in [6.07, 6.45) is 3.25. The van der Waals surface area contributed by atoms with E-state index in [0.717, 1.165) is 0 Å². The first kappa shape index (κ1) is 14.5. The SMILES string of the molecule is NC=CN1C[C@H](NS(=O)c2ccccc2)C[C@H]1C(=O)O. The Labute approximate surface area is 119 Å². The Morgan fingerprint density at radius 3 is 2.75 bits per heavy atom. The highest BCUT2D eigenvalue weighted by atomic mass is 32.2. The van der Waals surface area contributed by atoms with E-state index in [0.29, 0.717) is 17.9 Å². The zero-order chi connectivity index (χ0) is 14.5. The van der Waals surface area contributed by atoms with Crippen LogP contribution in [-0.4, -0.2) is 38.8 Å². The number of carbonyl (C=O) groups is 1. The van der Waals surface area contributed by atoms with Crippen LogP contribution in [0.3, 0.4) is 0 Å². The quantitative estimate of drug-likeness (QED) is 0.724. The Hall–Kier alpha value is -1.86. The second-order valence-corrected chi connectivity index (χ2v) is 5.77. The largest absolute Gasteiger partial charge is 0.480 e. The molecule has 0 radical (unpaired) electrons. The van der Waals surface area contributed by atoms with Gasteiger partial charge in [-0.2, -0.15) is 0 Å². The van der Waals surface area contributed by atoms with E-state index in [2.05, 4.69) is 4.72 Å². The number of hydrogen-bond acceptors (Lipinski definition) is 4. The zero-order valence-electron chi connectivity index (χ0n) is 10.8. The second-order valence-electron chi connectivity index (χ2n) is 4.52. The monoisotopic (exact) mass is 295 g/mol. The van der Waals surface area contributed by atoms with Gasteiger partial charge in [0.25, 0.3) is 0 Å². The number of nitrogens with two attached hydrogens (primary N) is 1. The molecule has 0 spiro atoms. The molecule has 1 fully saturated rings.